The van der Waals surface area contributed by atoms with Crippen molar-refractivity contribution in [1.29, 1.82) is 0 Å². The fraction of sp³-hybridized carbons (Fsp3) is 0.938. The van der Waals surface area contributed by atoms with Crippen LogP contribution in [0.4, 0.5) is 0 Å². The SMILES string of the molecule is NC(=O)C(COC1CCCCCC1)(NC1CC1)C1CC1. The second kappa shape index (κ2) is 6.02. The summed E-state index contributed by atoms with van der Waals surface area (Å²) in [6.45, 7) is 0.480. The molecule has 3 saturated carbocycles. The van der Waals surface area contributed by atoms with Crippen LogP contribution in [0.15, 0.2) is 0 Å². The number of rotatable bonds is 7. The van der Waals surface area contributed by atoms with E-state index in [9.17, 15) is 4.79 Å². The Labute approximate surface area is 121 Å². The number of ether oxygens (including phenoxy) is 1. The first-order valence-electron chi connectivity index (χ1n) is 8.40. The van der Waals surface area contributed by atoms with E-state index in [2.05, 4.69) is 5.32 Å². The second-order valence-electron chi connectivity index (χ2n) is 6.95. The zero-order valence-electron chi connectivity index (χ0n) is 12.4. The Morgan fingerprint density at radius 2 is 1.70 bits per heavy atom. The Morgan fingerprint density at radius 3 is 2.20 bits per heavy atom. The quantitative estimate of drug-likeness (QED) is 0.702. The van der Waals surface area contributed by atoms with Gasteiger partial charge in [0.2, 0.25) is 5.91 Å². The van der Waals surface area contributed by atoms with E-state index in [4.69, 9.17) is 10.5 Å². The highest BCUT2D eigenvalue weighted by Crippen LogP contribution is 2.42. The molecule has 0 aliphatic heterocycles. The van der Waals surface area contributed by atoms with Gasteiger partial charge in [-0.1, -0.05) is 25.7 Å². The van der Waals surface area contributed by atoms with E-state index in [1.165, 1.54) is 38.5 Å². The lowest BCUT2D eigenvalue weighted by Crippen LogP contribution is -2.61. The maximum Gasteiger partial charge on any atom is 0.240 e. The summed E-state index contributed by atoms with van der Waals surface area (Å²) < 4.78 is 6.16. The van der Waals surface area contributed by atoms with Gasteiger partial charge in [0, 0.05) is 6.04 Å². The van der Waals surface area contributed by atoms with Crippen LogP contribution in [0.3, 0.4) is 0 Å². The van der Waals surface area contributed by atoms with E-state index in [-0.39, 0.29) is 5.91 Å². The van der Waals surface area contributed by atoms with E-state index < -0.39 is 5.54 Å². The van der Waals surface area contributed by atoms with Crippen molar-refractivity contribution in [2.24, 2.45) is 11.7 Å². The lowest BCUT2D eigenvalue weighted by atomic mass is 9.92. The summed E-state index contributed by atoms with van der Waals surface area (Å²) in [5.74, 6) is 0.187. The molecule has 3 aliphatic rings. The topological polar surface area (TPSA) is 64.4 Å². The molecule has 114 valence electrons. The second-order valence-corrected chi connectivity index (χ2v) is 6.95. The zero-order chi connectivity index (χ0) is 14.0. The smallest absolute Gasteiger partial charge is 0.240 e. The molecule has 1 amide bonds. The van der Waals surface area contributed by atoms with Crippen molar-refractivity contribution in [2.75, 3.05) is 6.61 Å². The van der Waals surface area contributed by atoms with Gasteiger partial charge in [0.25, 0.3) is 0 Å². The van der Waals surface area contributed by atoms with Crippen molar-refractivity contribution in [3.8, 4) is 0 Å². The molecule has 20 heavy (non-hydrogen) atoms. The Morgan fingerprint density at radius 1 is 1.05 bits per heavy atom. The molecular weight excluding hydrogens is 252 g/mol. The molecule has 4 nitrogen and oxygen atoms in total. The van der Waals surface area contributed by atoms with Crippen LogP contribution in [0, 0.1) is 5.92 Å². The van der Waals surface area contributed by atoms with Crippen LogP contribution in [0.25, 0.3) is 0 Å². The van der Waals surface area contributed by atoms with Crippen molar-refractivity contribution in [3.05, 3.63) is 0 Å². The van der Waals surface area contributed by atoms with Gasteiger partial charge in [-0.2, -0.15) is 0 Å². The van der Waals surface area contributed by atoms with Crippen LogP contribution in [0.2, 0.25) is 0 Å². The van der Waals surface area contributed by atoms with Crippen LogP contribution in [-0.2, 0) is 9.53 Å². The molecule has 0 spiro atoms. The molecule has 0 radical (unpaired) electrons. The molecule has 0 aromatic carbocycles. The van der Waals surface area contributed by atoms with Crippen LogP contribution < -0.4 is 11.1 Å². The Balaban J connectivity index is 1.61. The van der Waals surface area contributed by atoms with Crippen LogP contribution in [-0.4, -0.2) is 30.2 Å². The van der Waals surface area contributed by atoms with Gasteiger partial charge in [-0.3, -0.25) is 10.1 Å². The molecule has 1 unspecified atom stereocenters. The first kappa shape index (κ1) is 14.3. The van der Waals surface area contributed by atoms with Gasteiger partial charge in [-0.05, 0) is 44.4 Å². The van der Waals surface area contributed by atoms with Crippen LogP contribution in [0.5, 0.6) is 0 Å². The van der Waals surface area contributed by atoms with Gasteiger partial charge in [0.15, 0.2) is 0 Å². The van der Waals surface area contributed by atoms with Crippen molar-refractivity contribution >= 4 is 5.91 Å². The van der Waals surface area contributed by atoms with E-state index in [1.807, 2.05) is 0 Å². The number of amides is 1. The first-order valence-corrected chi connectivity index (χ1v) is 8.40. The molecule has 0 saturated heterocycles. The first-order chi connectivity index (χ1) is 9.71. The Hall–Kier alpha value is -0.610. The minimum atomic E-state index is -0.590. The van der Waals surface area contributed by atoms with Crippen molar-refractivity contribution in [2.45, 2.75) is 81.9 Å². The average Bonchev–Trinajstić information content (AvgIpc) is 3.31. The average molecular weight is 280 g/mol. The van der Waals surface area contributed by atoms with Crippen molar-refractivity contribution in [3.63, 3.8) is 0 Å². The van der Waals surface area contributed by atoms with Gasteiger partial charge >= 0.3 is 0 Å². The number of hydrogen-bond acceptors (Lipinski definition) is 3. The molecule has 4 heteroatoms. The molecule has 0 heterocycles. The third kappa shape index (κ3) is 3.34. The number of hydrogen-bond donors (Lipinski definition) is 2. The lowest BCUT2D eigenvalue weighted by Gasteiger charge is -2.33. The number of primary amides is 1. The molecule has 0 aromatic rings. The monoisotopic (exact) mass is 280 g/mol. The summed E-state index contributed by atoms with van der Waals surface area (Å²) in [6, 6.07) is 0.487. The highest BCUT2D eigenvalue weighted by molar-refractivity contribution is 5.86. The third-order valence-electron chi connectivity index (χ3n) is 5.10. The predicted octanol–water partition coefficient (Wildman–Crippen LogP) is 2.11. The summed E-state index contributed by atoms with van der Waals surface area (Å²) in [4.78, 5) is 12.1. The lowest BCUT2D eigenvalue weighted by molar-refractivity contribution is -0.130. The molecule has 3 aliphatic carbocycles. The van der Waals surface area contributed by atoms with Crippen molar-refractivity contribution in [1.82, 2.24) is 5.32 Å². The number of nitrogens with one attached hydrogen (secondary N) is 1. The van der Waals surface area contributed by atoms with Gasteiger partial charge < -0.3 is 10.5 Å². The minimum Gasteiger partial charge on any atom is -0.376 e. The van der Waals surface area contributed by atoms with Crippen molar-refractivity contribution < 1.29 is 9.53 Å². The van der Waals surface area contributed by atoms with Gasteiger partial charge in [-0.25, -0.2) is 0 Å². The van der Waals surface area contributed by atoms with Gasteiger partial charge in [-0.15, -0.1) is 0 Å². The fourth-order valence-electron chi connectivity index (χ4n) is 3.45. The maximum absolute atomic E-state index is 12.1. The highest BCUT2D eigenvalue weighted by atomic mass is 16.5. The molecule has 3 N–H and O–H groups in total. The third-order valence-corrected chi connectivity index (χ3v) is 5.10. The van der Waals surface area contributed by atoms with Gasteiger partial charge in [0.05, 0.1) is 12.7 Å². The minimum absolute atomic E-state index is 0.208. The highest BCUT2D eigenvalue weighted by Gasteiger charge is 2.52. The molecule has 0 aromatic heterocycles. The molecule has 1 atom stereocenters. The van der Waals surface area contributed by atoms with Crippen LogP contribution in [0.1, 0.15) is 64.2 Å². The molecule has 3 rings (SSSR count). The predicted molar refractivity (Wildman–Crippen MR) is 78.2 cm³/mol. The standard InChI is InChI=1S/C16H28N2O2/c17-15(19)16(12-7-8-12,18-13-9-10-13)11-20-14-5-3-1-2-4-6-14/h12-14,18H,1-11H2,(H2,17,19). The molecule has 0 bridgehead atoms. The van der Waals surface area contributed by atoms with E-state index in [0.717, 1.165) is 25.7 Å². The van der Waals surface area contributed by atoms with Crippen LogP contribution >= 0.6 is 0 Å². The summed E-state index contributed by atoms with van der Waals surface area (Å²) in [7, 11) is 0. The Kier molecular flexibility index (Phi) is 4.32. The summed E-state index contributed by atoms with van der Waals surface area (Å²) in [5.41, 5.74) is 5.16. The van der Waals surface area contributed by atoms with E-state index in [1.54, 1.807) is 0 Å². The normalized spacial score (nSPS) is 27.8. The number of nitrogens with two attached hydrogens (primary N) is 1. The van der Waals surface area contributed by atoms with E-state index in [0.29, 0.717) is 24.7 Å². The molecule has 3 fully saturated rings. The maximum atomic E-state index is 12.1. The molecular formula is C16H28N2O2. The summed E-state index contributed by atoms with van der Waals surface area (Å²) in [6.07, 6.45) is 12.3. The zero-order valence-corrected chi connectivity index (χ0v) is 12.4. The number of carbonyl (C=O) groups excluding carboxylic acids is 1. The van der Waals surface area contributed by atoms with Gasteiger partial charge in [0.1, 0.15) is 5.54 Å². The summed E-state index contributed by atoms with van der Waals surface area (Å²) >= 11 is 0. The Bertz CT molecular complexity index is 344. The van der Waals surface area contributed by atoms with E-state index >= 15 is 0 Å². The fourth-order valence-corrected chi connectivity index (χ4v) is 3.45. The number of carbonyl (C=O) groups is 1. The largest absolute Gasteiger partial charge is 0.376 e. The summed E-state index contributed by atoms with van der Waals surface area (Å²) in [5, 5.41) is 3.52.